The Balaban J connectivity index is 1.33. The van der Waals surface area contributed by atoms with Crippen LogP contribution < -0.4 is 10.6 Å². The summed E-state index contributed by atoms with van der Waals surface area (Å²) in [5.74, 6) is 3.25. The summed E-state index contributed by atoms with van der Waals surface area (Å²) in [6.07, 6.45) is 3.59. The van der Waals surface area contributed by atoms with Crippen LogP contribution >= 0.6 is 0 Å². The third-order valence-corrected chi connectivity index (χ3v) is 4.54. The predicted molar refractivity (Wildman–Crippen MR) is 102 cm³/mol. The van der Waals surface area contributed by atoms with Gasteiger partial charge in [0.1, 0.15) is 17.9 Å². The predicted octanol–water partition coefficient (Wildman–Crippen LogP) is 1.92. The smallest absolute Gasteiger partial charge is 0.226 e. The molecule has 4 rings (SSSR count). The first-order valence-electron chi connectivity index (χ1n) is 9.08. The lowest BCUT2D eigenvalue weighted by Gasteiger charge is -2.25. The zero-order chi connectivity index (χ0) is 18.6. The fourth-order valence-corrected chi connectivity index (χ4v) is 3.22. The van der Waals surface area contributed by atoms with Gasteiger partial charge in [-0.25, -0.2) is 14.6 Å². The van der Waals surface area contributed by atoms with Gasteiger partial charge in [0.25, 0.3) is 0 Å². The van der Waals surface area contributed by atoms with Crippen LogP contribution in [0.25, 0.3) is 11.5 Å². The second-order valence-electron chi connectivity index (χ2n) is 6.57. The Labute approximate surface area is 157 Å². The van der Waals surface area contributed by atoms with Gasteiger partial charge in [-0.15, -0.1) is 0 Å². The lowest BCUT2D eigenvalue weighted by atomic mass is 10.1. The number of aromatic nitrogens is 4. The van der Waals surface area contributed by atoms with Crippen molar-refractivity contribution in [2.24, 2.45) is 4.99 Å². The standard InChI is InChI=1S/C19H23N7O/c1-13-22-17-9-8-15(11-26(17)25-13)24-19(20-2)21-10-16-12-27-18(23-16)14-6-4-3-5-7-14/h3-7,12,15H,8-11H2,1-2H3,(H2,20,21,24). The first kappa shape index (κ1) is 17.3. The van der Waals surface area contributed by atoms with Crippen molar-refractivity contribution in [1.29, 1.82) is 0 Å². The van der Waals surface area contributed by atoms with E-state index in [1.165, 1.54) is 0 Å². The zero-order valence-corrected chi connectivity index (χ0v) is 15.5. The van der Waals surface area contributed by atoms with Crippen LogP contribution in [-0.2, 0) is 19.5 Å². The minimum Gasteiger partial charge on any atom is -0.444 e. The molecule has 1 unspecified atom stereocenters. The van der Waals surface area contributed by atoms with Gasteiger partial charge in [0, 0.05) is 25.1 Å². The maximum Gasteiger partial charge on any atom is 0.226 e. The van der Waals surface area contributed by atoms with Crippen molar-refractivity contribution in [3.8, 4) is 11.5 Å². The summed E-state index contributed by atoms with van der Waals surface area (Å²) in [5, 5.41) is 11.2. The van der Waals surface area contributed by atoms with Crippen LogP contribution in [0.15, 0.2) is 46.0 Å². The molecule has 3 aromatic rings. The lowest BCUT2D eigenvalue weighted by molar-refractivity contribution is 0.392. The van der Waals surface area contributed by atoms with E-state index in [1.54, 1.807) is 13.3 Å². The van der Waals surface area contributed by atoms with Crippen molar-refractivity contribution in [2.45, 2.75) is 38.9 Å². The Kier molecular flexibility index (Phi) is 4.86. The molecule has 140 valence electrons. The number of guanidine groups is 1. The molecule has 0 aliphatic carbocycles. The van der Waals surface area contributed by atoms with Crippen LogP contribution in [0, 0.1) is 6.92 Å². The van der Waals surface area contributed by atoms with Crippen molar-refractivity contribution in [1.82, 2.24) is 30.4 Å². The molecule has 0 amide bonds. The molecule has 0 radical (unpaired) electrons. The van der Waals surface area contributed by atoms with Crippen molar-refractivity contribution < 1.29 is 4.42 Å². The monoisotopic (exact) mass is 365 g/mol. The molecule has 1 aliphatic rings. The minimum atomic E-state index is 0.266. The number of hydrogen-bond acceptors (Lipinski definition) is 5. The molecule has 0 saturated heterocycles. The van der Waals surface area contributed by atoms with Crippen LogP contribution in [0.1, 0.15) is 23.8 Å². The first-order chi connectivity index (χ1) is 13.2. The van der Waals surface area contributed by atoms with Gasteiger partial charge in [0.15, 0.2) is 5.96 Å². The van der Waals surface area contributed by atoms with Crippen LogP contribution in [-0.4, -0.2) is 38.8 Å². The molecule has 0 spiro atoms. The molecule has 27 heavy (non-hydrogen) atoms. The quantitative estimate of drug-likeness (QED) is 0.542. The van der Waals surface area contributed by atoms with Crippen molar-refractivity contribution >= 4 is 5.96 Å². The van der Waals surface area contributed by atoms with Gasteiger partial charge in [-0.1, -0.05) is 18.2 Å². The third-order valence-electron chi connectivity index (χ3n) is 4.54. The van der Waals surface area contributed by atoms with E-state index in [1.807, 2.05) is 41.9 Å². The Morgan fingerprint density at radius 3 is 2.96 bits per heavy atom. The van der Waals surface area contributed by atoms with E-state index in [-0.39, 0.29) is 6.04 Å². The fraction of sp³-hybridized carbons (Fsp3) is 0.368. The highest BCUT2D eigenvalue weighted by atomic mass is 16.3. The number of nitrogens with one attached hydrogen (secondary N) is 2. The summed E-state index contributed by atoms with van der Waals surface area (Å²) < 4.78 is 7.56. The SMILES string of the molecule is CN=C(NCc1coc(-c2ccccc2)n1)NC1CCc2nc(C)nn2C1. The average Bonchev–Trinajstić information content (AvgIpc) is 3.31. The largest absolute Gasteiger partial charge is 0.444 e. The van der Waals surface area contributed by atoms with Crippen molar-refractivity contribution in [3.63, 3.8) is 0 Å². The molecule has 1 aromatic carbocycles. The number of aliphatic imine (C=N–C) groups is 1. The van der Waals surface area contributed by atoms with Gasteiger partial charge in [-0.2, -0.15) is 5.10 Å². The van der Waals surface area contributed by atoms with Crippen LogP contribution in [0.2, 0.25) is 0 Å². The van der Waals surface area contributed by atoms with E-state index in [2.05, 4.69) is 30.7 Å². The van der Waals surface area contributed by atoms with E-state index in [0.717, 1.165) is 48.3 Å². The molecule has 2 N–H and O–H groups in total. The molecule has 0 bridgehead atoms. The van der Waals surface area contributed by atoms with Crippen LogP contribution in [0.3, 0.4) is 0 Å². The molecule has 1 aliphatic heterocycles. The van der Waals surface area contributed by atoms with Gasteiger partial charge in [-0.05, 0) is 25.5 Å². The Morgan fingerprint density at radius 2 is 2.15 bits per heavy atom. The van der Waals surface area contributed by atoms with Gasteiger partial charge in [0.05, 0.1) is 18.8 Å². The molecule has 8 heteroatoms. The molecule has 3 heterocycles. The summed E-state index contributed by atoms with van der Waals surface area (Å²) in [6, 6.07) is 10.1. The Morgan fingerprint density at radius 1 is 1.30 bits per heavy atom. The van der Waals surface area contributed by atoms with Gasteiger partial charge >= 0.3 is 0 Å². The maximum absolute atomic E-state index is 5.58. The molecule has 0 fully saturated rings. The van der Waals surface area contributed by atoms with Gasteiger partial charge < -0.3 is 15.1 Å². The first-order valence-corrected chi connectivity index (χ1v) is 9.08. The topological polar surface area (TPSA) is 93.2 Å². The number of hydrogen-bond donors (Lipinski definition) is 2. The molecule has 0 saturated carbocycles. The molecular weight excluding hydrogens is 342 g/mol. The second-order valence-corrected chi connectivity index (χ2v) is 6.57. The summed E-state index contributed by atoms with van der Waals surface area (Å²) in [4.78, 5) is 13.3. The van der Waals surface area contributed by atoms with E-state index in [4.69, 9.17) is 4.42 Å². The zero-order valence-electron chi connectivity index (χ0n) is 15.5. The summed E-state index contributed by atoms with van der Waals surface area (Å²) in [6.45, 7) is 3.26. The second kappa shape index (κ2) is 7.61. The highest BCUT2D eigenvalue weighted by molar-refractivity contribution is 5.79. The Bertz CT molecular complexity index is 929. The summed E-state index contributed by atoms with van der Waals surface area (Å²) >= 11 is 0. The number of oxazole rings is 1. The normalized spacial score (nSPS) is 16.8. The van der Waals surface area contributed by atoms with Crippen LogP contribution in [0.5, 0.6) is 0 Å². The average molecular weight is 365 g/mol. The van der Waals surface area contributed by atoms with E-state index >= 15 is 0 Å². The lowest BCUT2D eigenvalue weighted by Crippen LogP contribution is -2.46. The molecule has 8 nitrogen and oxygen atoms in total. The van der Waals surface area contributed by atoms with Crippen LogP contribution in [0.4, 0.5) is 0 Å². The van der Waals surface area contributed by atoms with Gasteiger partial charge in [0.2, 0.25) is 5.89 Å². The third kappa shape index (κ3) is 3.99. The summed E-state index contributed by atoms with van der Waals surface area (Å²) in [7, 11) is 1.77. The van der Waals surface area contributed by atoms with Crippen molar-refractivity contribution in [2.75, 3.05) is 7.05 Å². The number of rotatable bonds is 4. The molecular formula is C19H23N7O. The number of fused-ring (bicyclic) bond motifs is 1. The number of nitrogens with zero attached hydrogens (tertiary/aromatic N) is 5. The number of benzene rings is 1. The molecule has 2 aromatic heterocycles. The number of aryl methyl sites for hydroxylation is 2. The molecule has 1 atom stereocenters. The fourth-order valence-electron chi connectivity index (χ4n) is 3.22. The minimum absolute atomic E-state index is 0.266. The summed E-state index contributed by atoms with van der Waals surface area (Å²) in [5.41, 5.74) is 1.79. The van der Waals surface area contributed by atoms with E-state index in [9.17, 15) is 0 Å². The van der Waals surface area contributed by atoms with Gasteiger partial charge in [-0.3, -0.25) is 4.99 Å². The van der Waals surface area contributed by atoms with E-state index in [0.29, 0.717) is 12.4 Å². The van der Waals surface area contributed by atoms with Crippen molar-refractivity contribution in [3.05, 3.63) is 53.9 Å². The maximum atomic E-state index is 5.58. The highest BCUT2D eigenvalue weighted by Crippen LogP contribution is 2.18. The Hall–Kier alpha value is -3.16. The van der Waals surface area contributed by atoms with E-state index < -0.39 is 0 Å². The highest BCUT2D eigenvalue weighted by Gasteiger charge is 2.21.